The maximum atomic E-state index is 14.8. The molecule has 0 spiro atoms. The Labute approximate surface area is 185 Å². The van der Waals surface area contributed by atoms with Crippen molar-refractivity contribution >= 4 is 17.3 Å². The van der Waals surface area contributed by atoms with Gasteiger partial charge in [0, 0.05) is 0 Å². The summed E-state index contributed by atoms with van der Waals surface area (Å²) in [6, 6.07) is 5.18. The van der Waals surface area contributed by atoms with Gasteiger partial charge in [-0.1, -0.05) is 25.8 Å². The van der Waals surface area contributed by atoms with Gasteiger partial charge in [0.25, 0.3) is 0 Å². The zero-order chi connectivity index (χ0) is 22.5. The Balaban J connectivity index is 1.75. The Morgan fingerprint density at radius 2 is 1.52 bits per heavy atom. The van der Waals surface area contributed by atoms with Gasteiger partial charge in [0.1, 0.15) is 0 Å². The van der Waals surface area contributed by atoms with Gasteiger partial charge in [-0.3, -0.25) is 0 Å². The topological polar surface area (TPSA) is 18.5 Å². The van der Waals surface area contributed by atoms with E-state index in [0.717, 1.165) is 38.5 Å². The molecule has 0 aromatic heterocycles. The number of halogens is 4. The van der Waals surface area contributed by atoms with Gasteiger partial charge in [0.2, 0.25) is 16.7 Å². The number of hydrogen-bond acceptors (Lipinski definition) is 3. The number of ether oxygens (including phenoxy) is 2. The molecule has 0 bridgehead atoms. The summed E-state index contributed by atoms with van der Waals surface area (Å²) in [6.07, 6.45) is 5.93. The van der Waals surface area contributed by atoms with Gasteiger partial charge >= 0.3 is 0 Å². The summed E-state index contributed by atoms with van der Waals surface area (Å²) in [4.78, 5) is 0. The third kappa shape index (κ3) is 5.20. The van der Waals surface area contributed by atoms with E-state index in [1.54, 1.807) is 6.92 Å². The first-order valence-electron chi connectivity index (χ1n) is 10.7. The first-order valence-corrected chi connectivity index (χ1v) is 11.1. The lowest BCUT2D eigenvalue weighted by molar-refractivity contribution is 0.302. The van der Waals surface area contributed by atoms with Crippen molar-refractivity contribution in [2.45, 2.75) is 58.3 Å². The monoisotopic (exact) mass is 454 g/mol. The smallest absolute Gasteiger partial charge is 0.201 e. The van der Waals surface area contributed by atoms with Gasteiger partial charge in [0.15, 0.2) is 23.1 Å². The molecule has 0 heterocycles. The quantitative estimate of drug-likeness (QED) is 0.319. The molecule has 3 rings (SSSR count). The maximum Gasteiger partial charge on any atom is 0.201 e. The van der Waals surface area contributed by atoms with Crippen LogP contribution in [0.1, 0.15) is 69.4 Å². The van der Waals surface area contributed by atoms with Crippen molar-refractivity contribution in [3.05, 3.63) is 58.7 Å². The molecule has 1 aliphatic carbocycles. The molecule has 31 heavy (non-hydrogen) atoms. The van der Waals surface area contributed by atoms with Gasteiger partial charge in [-0.15, -0.1) is 0 Å². The summed E-state index contributed by atoms with van der Waals surface area (Å²) in [5, 5.41) is -0.495. The normalized spacial score (nSPS) is 18.6. The second kappa shape index (κ2) is 10.4. The van der Waals surface area contributed by atoms with Crippen LogP contribution in [0.3, 0.4) is 0 Å². The Morgan fingerprint density at radius 1 is 0.871 bits per heavy atom. The lowest BCUT2D eigenvalue weighted by Gasteiger charge is -2.29. The lowest BCUT2D eigenvalue weighted by atomic mass is 9.77. The van der Waals surface area contributed by atoms with Crippen LogP contribution >= 0.6 is 12.2 Å². The van der Waals surface area contributed by atoms with Crippen LogP contribution in [0.2, 0.25) is 0 Å². The molecule has 2 nitrogen and oxygen atoms in total. The van der Waals surface area contributed by atoms with Crippen molar-refractivity contribution < 1.29 is 27.0 Å². The summed E-state index contributed by atoms with van der Waals surface area (Å²) in [5.74, 6) is -4.75. The van der Waals surface area contributed by atoms with E-state index in [2.05, 4.69) is 6.92 Å². The molecule has 1 fully saturated rings. The van der Waals surface area contributed by atoms with Crippen molar-refractivity contribution in [2.24, 2.45) is 5.92 Å². The molecule has 2 aromatic carbocycles. The molecule has 0 atom stereocenters. The number of benzene rings is 2. The van der Waals surface area contributed by atoms with E-state index in [9.17, 15) is 17.6 Å². The number of rotatable bonds is 7. The minimum absolute atomic E-state index is 0.0405. The molecule has 0 radical (unpaired) electrons. The fourth-order valence-electron chi connectivity index (χ4n) is 4.22. The molecule has 1 saturated carbocycles. The zero-order valence-electron chi connectivity index (χ0n) is 17.7. The SMILES string of the molecule is CCCC1CCC(c2ccc(OC(=S)c3ccc(OCC)c(F)c3F)c(F)c2F)CC1. The molecule has 7 heteroatoms. The Hall–Kier alpha value is -2.15. The number of hydrogen-bond donors (Lipinski definition) is 0. The van der Waals surface area contributed by atoms with E-state index in [1.807, 2.05) is 0 Å². The predicted octanol–water partition coefficient (Wildman–Crippen LogP) is 7.47. The van der Waals surface area contributed by atoms with Crippen LogP contribution in [0, 0.1) is 29.2 Å². The fraction of sp³-hybridized carbons (Fsp3) is 0.458. The molecule has 0 amide bonds. The maximum absolute atomic E-state index is 14.8. The van der Waals surface area contributed by atoms with Crippen LogP contribution in [-0.4, -0.2) is 11.7 Å². The van der Waals surface area contributed by atoms with E-state index < -0.39 is 34.1 Å². The second-order valence-corrected chi connectivity index (χ2v) is 8.22. The minimum Gasteiger partial charge on any atom is -0.491 e. The summed E-state index contributed by atoms with van der Waals surface area (Å²) < 4.78 is 68.1. The summed E-state index contributed by atoms with van der Waals surface area (Å²) in [6.45, 7) is 3.95. The van der Waals surface area contributed by atoms with Crippen LogP contribution in [0.15, 0.2) is 24.3 Å². The van der Waals surface area contributed by atoms with Gasteiger partial charge in [-0.05, 0) is 80.4 Å². The third-order valence-electron chi connectivity index (χ3n) is 5.83. The van der Waals surface area contributed by atoms with Crippen molar-refractivity contribution in [2.75, 3.05) is 6.61 Å². The molecule has 1 aliphatic rings. The Kier molecular flexibility index (Phi) is 7.92. The molecule has 2 aromatic rings. The van der Waals surface area contributed by atoms with Gasteiger partial charge < -0.3 is 9.47 Å². The van der Waals surface area contributed by atoms with Gasteiger partial charge in [-0.25, -0.2) is 8.78 Å². The lowest BCUT2D eigenvalue weighted by Crippen LogP contribution is -2.16. The van der Waals surface area contributed by atoms with E-state index in [1.165, 1.54) is 24.3 Å². The Morgan fingerprint density at radius 3 is 2.16 bits per heavy atom. The zero-order valence-corrected chi connectivity index (χ0v) is 18.5. The molecule has 0 saturated heterocycles. The van der Waals surface area contributed by atoms with Crippen LogP contribution in [0.5, 0.6) is 11.5 Å². The third-order valence-corrected chi connectivity index (χ3v) is 6.13. The molecule has 168 valence electrons. The van der Waals surface area contributed by atoms with Gasteiger partial charge in [-0.2, -0.15) is 8.78 Å². The molecule has 0 unspecified atom stereocenters. The second-order valence-electron chi connectivity index (χ2n) is 7.85. The highest BCUT2D eigenvalue weighted by Gasteiger charge is 2.27. The molecule has 0 aliphatic heterocycles. The first-order chi connectivity index (χ1) is 14.9. The van der Waals surface area contributed by atoms with Crippen molar-refractivity contribution in [1.29, 1.82) is 0 Å². The summed E-state index contributed by atoms with van der Waals surface area (Å²) in [7, 11) is 0. The highest BCUT2D eigenvalue weighted by atomic mass is 32.1. The van der Waals surface area contributed by atoms with E-state index in [-0.39, 0.29) is 23.8 Å². The summed E-state index contributed by atoms with van der Waals surface area (Å²) >= 11 is 5.00. The summed E-state index contributed by atoms with van der Waals surface area (Å²) in [5.41, 5.74) is -0.0434. The van der Waals surface area contributed by atoms with Crippen molar-refractivity contribution in [3.63, 3.8) is 0 Å². The van der Waals surface area contributed by atoms with E-state index >= 15 is 0 Å². The Bertz CT molecular complexity index is 940. The standard InChI is InChI=1S/C24H26F4O2S/c1-3-5-14-6-8-15(9-7-14)16-10-13-19(23(28)20(16)25)30-24(31)17-11-12-18(29-4-2)22(27)21(17)26/h10-15H,3-9H2,1-2H3. The van der Waals surface area contributed by atoms with Crippen molar-refractivity contribution in [3.8, 4) is 11.5 Å². The minimum atomic E-state index is -1.27. The number of thiocarbonyl (C=S) groups is 1. The average molecular weight is 455 g/mol. The molecule has 0 N–H and O–H groups in total. The average Bonchev–Trinajstić information content (AvgIpc) is 2.76. The molecular formula is C24H26F4O2S. The van der Waals surface area contributed by atoms with Crippen molar-refractivity contribution in [1.82, 2.24) is 0 Å². The van der Waals surface area contributed by atoms with Crippen LogP contribution in [-0.2, 0) is 0 Å². The highest BCUT2D eigenvalue weighted by molar-refractivity contribution is 7.80. The van der Waals surface area contributed by atoms with Crippen LogP contribution < -0.4 is 9.47 Å². The first kappa shape index (κ1) is 23.5. The van der Waals surface area contributed by atoms with E-state index in [4.69, 9.17) is 21.7 Å². The van der Waals surface area contributed by atoms with E-state index in [0.29, 0.717) is 11.5 Å². The van der Waals surface area contributed by atoms with Crippen LogP contribution in [0.25, 0.3) is 0 Å². The van der Waals surface area contributed by atoms with Crippen LogP contribution in [0.4, 0.5) is 17.6 Å². The largest absolute Gasteiger partial charge is 0.491 e. The fourth-order valence-corrected chi connectivity index (χ4v) is 4.47. The highest BCUT2D eigenvalue weighted by Crippen LogP contribution is 2.40. The van der Waals surface area contributed by atoms with Gasteiger partial charge in [0.05, 0.1) is 12.2 Å². The predicted molar refractivity (Wildman–Crippen MR) is 116 cm³/mol. The molecular weight excluding hydrogens is 428 g/mol.